The summed E-state index contributed by atoms with van der Waals surface area (Å²) in [6, 6.07) is 3.58. The highest BCUT2D eigenvalue weighted by atomic mass is 19.1. The molecule has 6 nitrogen and oxygen atoms in total. The summed E-state index contributed by atoms with van der Waals surface area (Å²) in [5.74, 6) is 1.27. The lowest BCUT2D eigenvalue weighted by Crippen LogP contribution is -2.31. The van der Waals surface area contributed by atoms with Crippen molar-refractivity contribution in [2.75, 3.05) is 34.0 Å². The Morgan fingerprint density at radius 2 is 1.90 bits per heavy atom. The standard InChI is InChI=1S/C13H20FN3O3/c1-18-10-7-9(3-5-17-13(15)16)8-11(19-2)12(10)20-6-4-14/h7-8H,3-6H2,1-2H3,(H4,15,16,17). The molecule has 112 valence electrons. The van der Waals surface area contributed by atoms with E-state index in [4.69, 9.17) is 25.4 Å². The molecule has 0 radical (unpaired) electrons. The molecular formula is C13H20FN3O3. The normalized spacial score (nSPS) is 9.95. The molecule has 0 atom stereocenters. The summed E-state index contributed by atoms with van der Waals surface area (Å²) in [6.45, 7) is -0.124. The first-order chi connectivity index (χ1) is 9.62. The van der Waals surface area contributed by atoms with Crippen molar-refractivity contribution >= 4 is 5.96 Å². The van der Waals surface area contributed by atoms with Crippen LogP contribution in [0.1, 0.15) is 5.56 Å². The highest BCUT2D eigenvalue weighted by Crippen LogP contribution is 2.38. The second kappa shape index (κ2) is 8.08. The highest BCUT2D eigenvalue weighted by molar-refractivity contribution is 5.74. The SMILES string of the molecule is COc1cc(CCNC(=N)N)cc(OC)c1OCCF. The molecule has 0 saturated carbocycles. The fraction of sp³-hybridized carbons (Fsp3) is 0.462. The zero-order chi connectivity index (χ0) is 15.0. The van der Waals surface area contributed by atoms with Crippen LogP contribution in [0, 0.1) is 5.41 Å². The van der Waals surface area contributed by atoms with E-state index in [0.717, 1.165) is 5.56 Å². The van der Waals surface area contributed by atoms with E-state index in [1.54, 1.807) is 12.1 Å². The topological polar surface area (TPSA) is 89.6 Å². The van der Waals surface area contributed by atoms with Gasteiger partial charge in [-0.15, -0.1) is 0 Å². The minimum absolute atomic E-state index is 0.0576. The molecule has 0 aliphatic heterocycles. The average molecular weight is 285 g/mol. The summed E-state index contributed by atoms with van der Waals surface area (Å²) in [6.07, 6.45) is 0.635. The fourth-order valence-corrected chi connectivity index (χ4v) is 1.70. The maximum Gasteiger partial charge on any atom is 0.203 e. The second-order valence-electron chi connectivity index (χ2n) is 3.96. The number of ether oxygens (including phenoxy) is 3. The smallest absolute Gasteiger partial charge is 0.203 e. The number of guanidine groups is 1. The van der Waals surface area contributed by atoms with Gasteiger partial charge >= 0.3 is 0 Å². The van der Waals surface area contributed by atoms with Crippen LogP contribution in [0.4, 0.5) is 4.39 Å². The van der Waals surface area contributed by atoms with Gasteiger partial charge in [0.25, 0.3) is 0 Å². The molecule has 0 amide bonds. The van der Waals surface area contributed by atoms with Crippen LogP contribution in [-0.2, 0) is 6.42 Å². The van der Waals surface area contributed by atoms with E-state index in [1.165, 1.54) is 14.2 Å². The Kier molecular flexibility index (Phi) is 6.42. The quantitative estimate of drug-likeness (QED) is 0.491. The van der Waals surface area contributed by atoms with Gasteiger partial charge in [0.15, 0.2) is 17.5 Å². The first kappa shape index (κ1) is 15.9. The molecule has 1 aromatic rings. The molecule has 20 heavy (non-hydrogen) atoms. The van der Waals surface area contributed by atoms with Crippen molar-refractivity contribution in [3.8, 4) is 17.2 Å². The van der Waals surface area contributed by atoms with Crippen LogP contribution in [0.15, 0.2) is 12.1 Å². The Morgan fingerprint density at radius 1 is 1.30 bits per heavy atom. The number of hydrogen-bond donors (Lipinski definition) is 3. The molecular weight excluding hydrogens is 265 g/mol. The third kappa shape index (κ3) is 4.49. The lowest BCUT2D eigenvalue weighted by molar-refractivity contribution is 0.247. The molecule has 0 spiro atoms. The first-order valence-electron chi connectivity index (χ1n) is 6.14. The third-order valence-electron chi connectivity index (χ3n) is 2.57. The lowest BCUT2D eigenvalue weighted by Gasteiger charge is -2.15. The molecule has 0 aliphatic rings. The van der Waals surface area contributed by atoms with Crippen molar-refractivity contribution in [2.24, 2.45) is 5.73 Å². The minimum Gasteiger partial charge on any atom is -0.493 e. The van der Waals surface area contributed by atoms with Gasteiger partial charge in [-0.3, -0.25) is 5.41 Å². The number of nitrogens with one attached hydrogen (secondary N) is 2. The highest BCUT2D eigenvalue weighted by Gasteiger charge is 2.14. The summed E-state index contributed by atoms with van der Waals surface area (Å²) in [4.78, 5) is 0. The predicted octanol–water partition coefficient (Wildman–Crippen LogP) is 1.08. The van der Waals surface area contributed by atoms with Gasteiger partial charge in [-0.05, 0) is 24.1 Å². The van der Waals surface area contributed by atoms with Gasteiger partial charge in [0.2, 0.25) is 5.75 Å². The Labute approximate surface area is 117 Å². The van der Waals surface area contributed by atoms with E-state index in [-0.39, 0.29) is 12.6 Å². The first-order valence-corrected chi connectivity index (χ1v) is 6.14. The van der Waals surface area contributed by atoms with Gasteiger partial charge < -0.3 is 25.3 Å². The molecule has 0 aromatic heterocycles. The van der Waals surface area contributed by atoms with Crippen molar-refractivity contribution in [1.82, 2.24) is 5.32 Å². The number of rotatable bonds is 8. The Balaban J connectivity index is 2.90. The summed E-state index contributed by atoms with van der Waals surface area (Å²) < 4.78 is 28.0. The molecule has 7 heteroatoms. The van der Waals surface area contributed by atoms with Crippen molar-refractivity contribution < 1.29 is 18.6 Å². The summed E-state index contributed by atoms with van der Waals surface area (Å²) >= 11 is 0. The number of alkyl halides is 1. The molecule has 0 heterocycles. The van der Waals surface area contributed by atoms with Crippen LogP contribution in [0.2, 0.25) is 0 Å². The van der Waals surface area contributed by atoms with E-state index in [2.05, 4.69) is 5.32 Å². The molecule has 0 fully saturated rings. The Morgan fingerprint density at radius 3 is 2.35 bits per heavy atom. The minimum atomic E-state index is -0.587. The van der Waals surface area contributed by atoms with Gasteiger partial charge in [0, 0.05) is 6.54 Å². The van der Waals surface area contributed by atoms with E-state index >= 15 is 0 Å². The van der Waals surface area contributed by atoms with E-state index < -0.39 is 6.67 Å². The van der Waals surface area contributed by atoms with Crippen molar-refractivity contribution in [1.29, 1.82) is 5.41 Å². The van der Waals surface area contributed by atoms with Crippen molar-refractivity contribution in [2.45, 2.75) is 6.42 Å². The average Bonchev–Trinajstić information content (AvgIpc) is 2.44. The maximum atomic E-state index is 12.2. The van der Waals surface area contributed by atoms with Crippen molar-refractivity contribution in [3.05, 3.63) is 17.7 Å². The van der Waals surface area contributed by atoms with Crippen molar-refractivity contribution in [3.63, 3.8) is 0 Å². The zero-order valence-corrected chi connectivity index (χ0v) is 11.7. The van der Waals surface area contributed by atoms with Gasteiger partial charge in [-0.2, -0.15) is 0 Å². The Bertz CT molecular complexity index is 429. The largest absolute Gasteiger partial charge is 0.493 e. The summed E-state index contributed by atoms with van der Waals surface area (Å²) in [5, 5.41) is 9.81. The van der Waals surface area contributed by atoms with E-state index in [0.29, 0.717) is 30.2 Å². The number of methoxy groups -OCH3 is 2. The molecule has 0 aliphatic carbocycles. The monoisotopic (exact) mass is 285 g/mol. The van der Waals surface area contributed by atoms with Gasteiger partial charge in [0.1, 0.15) is 13.3 Å². The number of nitrogens with two attached hydrogens (primary N) is 1. The fourth-order valence-electron chi connectivity index (χ4n) is 1.70. The van der Waals surface area contributed by atoms with Gasteiger partial charge in [-0.25, -0.2) is 4.39 Å². The molecule has 4 N–H and O–H groups in total. The lowest BCUT2D eigenvalue weighted by atomic mass is 10.1. The van der Waals surface area contributed by atoms with Crippen LogP contribution in [0.5, 0.6) is 17.2 Å². The molecule has 0 bridgehead atoms. The van der Waals surface area contributed by atoms with Crippen LogP contribution < -0.4 is 25.3 Å². The molecule has 0 saturated heterocycles. The molecule has 1 aromatic carbocycles. The predicted molar refractivity (Wildman–Crippen MR) is 74.6 cm³/mol. The van der Waals surface area contributed by atoms with Crippen LogP contribution in [0.3, 0.4) is 0 Å². The van der Waals surface area contributed by atoms with Gasteiger partial charge in [-0.1, -0.05) is 0 Å². The number of benzene rings is 1. The van der Waals surface area contributed by atoms with Gasteiger partial charge in [0.05, 0.1) is 14.2 Å². The molecule has 0 unspecified atom stereocenters. The van der Waals surface area contributed by atoms with E-state index in [1.807, 2.05) is 0 Å². The number of hydrogen-bond acceptors (Lipinski definition) is 4. The second-order valence-corrected chi connectivity index (χ2v) is 3.96. The third-order valence-corrected chi connectivity index (χ3v) is 2.57. The zero-order valence-electron chi connectivity index (χ0n) is 11.7. The molecule has 1 rings (SSSR count). The maximum absolute atomic E-state index is 12.2. The number of halogens is 1. The van der Waals surface area contributed by atoms with Crippen LogP contribution >= 0.6 is 0 Å². The summed E-state index contributed by atoms with van der Waals surface area (Å²) in [7, 11) is 3.02. The van der Waals surface area contributed by atoms with E-state index in [9.17, 15) is 4.39 Å². The Hall–Kier alpha value is -2.18. The van der Waals surface area contributed by atoms with Crippen LogP contribution in [-0.4, -0.2) is 40.0 Å². The van der Waals surface area contributed by atoms with Crippen LogP contribution in [0.25, 0.3) is 0 Å². The summed E-state index contributed by atoms with van der Waals surface area (Å²) in [5.41, 5.74) is 6.15.